The minimum atomic E-state index is -0.515. The first-order valence-electron chi connectivity index (χ1n) is 6.23. The van der Waals surface area contributed by atoms with Crippen molar-refractivity contribution >= 4 is 12.1 Å². The molecule has 0 unspecified atom stereocenters. The number of ether oxygens (including phenoxy) is 2. The number of hydrazine groups is 1. The van der Waals surface area contributed by atoms with Crippen molar-refractivity contribution in [1.82, 2.24) is 10.9 Å². The van der Waals surface area contributed by atoms with E-state index in [9.17, 15) is 9.59 Å². The quantitative estimate of drug-likeness (QED) is 0.588. The van der Waals surface area contributed by atoms with Gasteiger partial charge >= 0.3 is 12.1 Å². The molecule has 0 radical (unpaired) electrons. The molecule has 0 spiro atoms. The van der Waals surface area contributed by atoms with Gasteiger partial charge < -0.3 is 9.47 Å². The third-order valence-corrected chi connectivity index (χ3v) is 2.54. The molecule has 104 valence electrons. The molecule has 0 atom stereocenters. The Bertz CT molecular complexity index is 306. The molecule has 0 heterocycles. The van der Waals surface area contributed by atoms with Gasteiger partial charge in [-0.3, -0.25) is 10.2 Å². The largest absolute Gasteiger partial charge is 0.466 e. The standard InChI is InChI=1S/C12H22N2O4/c1-5-17-10(15)8-6-9(7-8)13-14-11(16)18-12(2,3)4/h8-9,13H,5-7H2,1-4H3,(H,14,16). The molecule has 1 aliphatic rings. The Balaban J connectivity index is 2.13. The lowest BCUT2D eigenvalue weighted by Crippen LogP contribution is -2.52. The molecule has 0 aromatic carbocycles. The normalized spacial score (nSPS) is 22.9. The summed E-state index contributed by atoms with van der Waals surface area (Å²) in [4.78, 5) is 22.7. The molecule has 1 aliphatic carbocycles. The van der Waals surface area contributed by atoms with Crippen LogP contribution in [0.1, 0.15) is 40.5 Å². The fraction of sp³-hybridized carbons (Fsp3) is 0.833. The Kier molecular flexibility index (Phi) is 4.95. The molecular formula is C12H22N2O4. The maximum Gasteiger partial charge on any atom is 0.422 e. The molecule has 0 aromatic heterocycles. The molecule has 18 heavy (non-hydrogen) atoms. The van der Waals surface area contributed by atoms with E-state index in [0.717, 1.165) is 0 Å². The minimum Gasteiger partial charge on any atom is -0.466 e. The summed E-state index contributed by atoms with van der Waals surface area (Å²) in [6, 6.07) is 0.104. The number of carbonyl (C=O) groups excluding carboxylic acids is 2. The Labute approximate surface area is 107 Å². The second-order valence-electron chi connectivity index (χ2n) is 5.39. The van der Waals surface area contributed by atoms with Crippen molar-refractivity contribution in [2.24, 2.45) is 5.92 Å². The summed E-state index contributed by atoms with van der Waals surface area (Å²) in [5.74, 6) is -0.212. The van der Waals surface area contributed by atoms with E-state index in [-0.39, 0.29) is 17.9 Å². The molecule has 6 nitrogen and oxygen atoms in total. The Hall–Kier alpha value is -1.30. The smallest absolute Gasteiger partial charge is 0.422 e. The highest BCUT2D eigenvalue weighted by molar-refractivity contribution is 5.73. The fourth-order valence-electron chi connectivity index (χ4n) is 1.65. The van der Waals surface area contributed by atoms with E-state index in [1.807, 2.05) is 0 Å². The van der Waals surface area contributed by atoms with Crippen molar-refractivity contribution in [2.75, 3.05) is 6.61 Å². The average Bonchev–Trinajstić information content (AvgIpc) is 2.12. The van der Waals surface area contributed by atoms with Gasteiger partial charge in [0.05, 0.1) is 12.5 Å². The summed E-state index contributed by atoms with van der Waals surface area (Å²) in [6.45, 7) is 7.59. The third kappa shape index (κ3) is 4.91. The molecule has 0 bridgehead atoms. The first-order valence-corrected chi connectivity index (χ1v) is 6.23. The van der Waals surface area contributed by atoms with Crippen molar-refractivity contribution in [2.45, 2.75) is 52.2 Å². The van der Waals surface area contributed by atoms with Crippen molar-refractivity contribution in [3.63, 3.8) is 0 Å². The SMILES string of the molecule is CCOC(=O)C1CC(NNC(=O)OC(C)(C)C)C1. The van der Waals surface area contributed by atoms with Gasteiger partial charge in [-0.1, -0.05) is 0 Å². The van der Waals surface area contributed by atoms with Crippen molar-refractivity contribution in [3.8, 4) is 0 Å². The summed E-state index contributed by atoms with van der Waals surface area (Å²) >= 11 is 0. The summed E-state index contributed by atoms with van der Waals surface area (Å²) in [6.07, 6.45) is 0.839. The van der Waals surface area contributed by atoms with Gasteiger partial charge in [0.2, 0.25) is 0 Å². The highest BCUT2D eigenvalue weighted by Gasteiger charge is 2.35. The van der Waals surface area contributed by atoms with Gasteiger partial charge in [-0.15, -0.1) is 0 Å². The zero-order valence-corrected chi connectivity index (χ0v) is 11.4. The van der Waals surface area contributed by atoms with Crippen molar-refractivity contribution < 1.29 is 19.1 Å². The summed E-state index contributed by atoms with van der Waals surface area (Å²) in [7, 11) is 0. The maximum absolute atomic E-state index is 11.3. The van der Waals surface area contributed by atoms with Gasteiger partial charge in [-0.25, -0.2) is 10.2 Å². The van der Waals surface area contributed by atoms with E-state index in [4.69, 9.17) is 9.47 Å². The van der Waals surface area contributed by atoms with Gasteiger partial charge in [-0.05, 0) is 40.5 Å². The van der Waals surface area contributed by atoms with E-state index in [1.165, 1.54) is 0 Å². The van der Waals surface area contributed by atoms with E-state index >= 15 is 0 Å². The second-order valence-corrected chi connectivity index (χ2v) is 5.39. The van der Waals surface area contributed by atoms with Crippen molar-refractivity contribution in [1.29, 1.82) is 0 Å². The molecule has 1 rings (SSSR count). The van der Waals surface area contributed by atoms with Crippen LogP contribution in [0.3, 0.4) is 0 Å². The van der Waals surface area contributed by atoms with E-state index in [0.29, 0.717) is 19.4 Å². The van der Waals surface area contributed by atoms with Gasteiger partial charge in [0.1, 0.15) is 5.60 Å². The Morgan fingerprint density at radius 3 is 2.39 bits per heavy atom. The van der Waals surface area contributed by atoms with E-state index in [2.05, 4.69) is 10.9 Å². The number of hydrogen-bond acceptors (Lipinski definition) is 5. The van der Waals surface area contributed by atoms with Crippen LogP contribution in [0.2, 0.25) is 0 Å². The molecule has 1 fully saturated rings. The molecule has 2 N–H and O–H groups in total. The van der Waals surface area contributed by atoms with Crippen LogP contribution in [0.25, 0.3) is 0 Å². The molecule has 6 heteroatoms. The number of rotatable bonds is 4. The van der Waals surface area contributed by atoms with Gasteiger partial charge in [-0.2, -0.15) is 0 Å². The molecular weight excluding hydrogens is 236 g/mol. The lowest BCUT2D eigenvalue weighted by molar-refractivity contribution is -0.151. The monoisotopic (exact) mass is 258 g/mol. The Morgan fingerprint density at radius 1 is 1.28 bits per heavy atom. The molecule has 1 saturated carbocycles. The topological polar surface area (TPSA) is 76.7 Å². The molecule has 0 saturated heterocycles. The highest BCUT2D eigenvalue weighted by Crippen LogP contribution is 2.28. The predicted molar refractivity (Wildman–Crippen MR) is 65.7 cm³/mol. The van der Waals surface area contributed by atoms with Crippen LogP contribution in [-0.2, 0) is 14.3 Å². The van der Waals surface area contributed by atoms with E-state index in [1.54, 1.807) is 27.7 Å². The van der Waals surface area contributed by atoms with Gasteiger partial charge in [0.15, 0.2) is 0 Å². The zero-order chi connectivity index (χ0) is 13.8. The fourth-order valence-corrected chi connectivity index (χ4v) is 1.65. The lowest BCUT2D eigenvalue weighted by Gasteiger charge is -2.34. The number of hydrogen-bond donors (Lipinski definition) is 2. The Morgan fingerprint density at radius 2 is 1.89 bits per heavy atom. The predicted octanol–water partition coefficient (Wildman–Crippen LogP) is 1.36. The molecule has 1 amide bonds. The van der Waals surface area contributed by atoms with E-state index < -0.39 is 11.7 Å². The number of esters is 1. The second kappa shape index (κ2) is 6.04. The van der Waals surface area contributed by atoms with Gasteiger partial charge in [0.25, 0.3) is 0 Å². The summed E-state index contributed by atoms with van der Waals surface area (Å²) in [5, 5.41) is 0. The van der Waals surface area contributed by atoms with Gasteiger partial charge in [0, 0.05) is 6.04 Å². The minimum absolute atomic E-state index is 0.0529. The van der Waals surface area contributed by atoms with Crippen LogP contribution in [0.15, 0.2) is 0 Å². The first-order chi connectivity index (χ1) is 8.31. The third-order valence-electron chi connectivity index (χ3n) is 2.54. The van der Waals surface area contributed by atoms with Crippen LogP contribution in [-0.4, -0.2) is 30.3 Å². The molecule has 0 aromatic rings. The zero-order valence-electron chi connectivity index (χ0n) is 11.4. The number of amides is 1. The lowest BCUT2D eigenvalue weighted by atomic mass is 9.81. The summed E-state index contributed by atoms with van der Waals surface area (Å²) < 4.78 is 9.97. The maximum atomic E-state index is 11.3. The van der Waals surface area contributed by atoms with Crippen molar-refractivity contribution in [3.05, 3.63) is 0 Å². The van der Waals surface area contributed by atoms with Crippen LogP contribution < -0.4 is 10.9 Å². The van der Waals surface area contributed by atoms with Crippen LogP contribution in [0, 0.1) is 5.92 Å². The number of nitrogens with one attached hydrogen (secondary N) is 2. The van der Waals surface area contributed by atoms with Crippen LogP contribution >= 0.6 is 0 Å². The number of carbonyl (C=O) groups is 2. The highest BCUT2D eigenvalue weighted by atomic mass is 16.6. The van der Waals surface area contributed by atoms with Crippen LogP contribution in [0.4, 0.5) is 4.79 Å². The molecule has 0 aliphatic heterocycles. The van der Waals surface area contributed by atoms with Crippen LogP contribution in [0.5, 0.6) is 0 Å². The average molecular weight is 258 g/mol. The summed E-state index contributed by atoms with van der Waals surface area (Å²) in [5.41, 5.74) is 4.79. The first kappa shape index (κ1) is 14.8.